The molecular weight excluding hydrogens is 524 g/mol. The smallest absolute Gasteiger partial charge is 0.319 e. The van der Waals surface area contributed by atoms with Gasteiger partial charge in [-0.25, -0.2) is 8.78 Å². The van der Waals surface area contributed by atoms with Crippen molar-refractivity contribution in [3.8, 4) is 5.75 Å². The number of phenols is 1. The first-order valence-electron chi connectivity index (χ1n) is 12.4. The molecule has 3 N–H and O–H groups in total. The molecule has 10 heteroatoms. The number of carbonyl (C=O) groups excluding carboxylic acids is 2. The Morgan fingerprint density at radius 3 is 2.46 bits per heavy atom. The number of nitrogens with zero attached hydrogens (tertiary/aromatic N) is 1. The monoisotopic (exact) mass is 553 g/mol. The summed E-state index contributed by atoms with van der Waals surface area (Å²) in [6.45, 7) is 5.16. The number of aryl methyl sites for hydroxylation is 1. The van der Waals surface area contributed by atoms with E-state index in [-0.39, 0.29) is 35.3 Å². The Labute approximate surface area is 230 Å². The predicted octanol–water partition coefficient (Wildman–Crippen LogP) is 5.92. The highest BCUT2D eigenvalue weighted by Crippen LogP contribution is 2.38. The first-order chi connectivity index (χ1) is 18.4. The fourth-order valence-electron chi connectivity index (χ4n) is 4.29. The number of amides is 1. The van der Waals surface area contributed by atoms with Crippen LogP contribution in [0.4, 0.5) is 25.8 Å². The predicted molar refractivity (Wildman–Crippen MR) is 150 cm³/mol. The number of thiocarbonyl (C=S) groups is 1. The van der Waals surface area contributed by atoms with Gasteiger partial charge >= 0.3 is 5.97 Å². The van der Waals surface area contributed by atoms with E-state index in [9.17, 15) is 23.5 Å². The minimum atomic E-state index is -1.08. The summed E-state index contributed by atoms with van der Waals surface area (Å²) in [4.78, 5) is 28.1. The van der Waals surface area contributed by atoms with E-state index in [2.05, 4.69) is 10.6 Å². The molecule has 39 heavy (non-hydrogen) atoms. The van der Waals surface area contributed by atoms with E-state index in [0.717, 1.165) is 0 Å². The molecule has 0 spiro atoms. The molecule has 0 saturated heterocycles. The SMILES string of the molecule is CC(C)(C)OC(=O)C1CCc2cc(NC(=S)Nc3ccc(F)cc3)c(O)cc2N(Cc2cccc(F)c2)C1=O. The van der Waals surface area contributed by atoms with Gasteiger partial charge < -0.3 is 25.4 Å². The molecule has 0 fully saturated rings. The van der Waals surface area contributed by atoms with Gasteiger partial charge in [-0.3, -0.25) is 9.59 Å². The highest BCUT2D eigenvalue weighted by Gasteiger charge is 2.38. The Bertz CT molecular complexity index is 1410. The number of benzene rings is 3. The van der Waals surface area contributed by atoms with Gasteiger partial charge in [-0.1, -0.05) is 12.1 Å². The third-order valence-corrected chi connectivity index (χ3v) is 6.23. The Balaban J connectivity index is 1.65. The van der Waals surface area contributed by atoms with Gasteiger partial charge in [0.25, 0.3) is 0 Å². The van der Waals surface area contributed by atoms with Crippen LogP contribution in [0.2, 0.25) is 0 Å². The second-order valence-corrected chi connectivity index (χ2v) is 10.7. The number of halogens is 2. The van der Waals surface area contributed by atoms with Crippen molar-refractivity contribution >= 4 is 46.3 Å². The largest absolute Gasteiger partial charge is 0.506 e. The maximum atomic E-state index is 13.9. The summed E-state index contributed by atoms with van der Waals surface area (Å²) in [5.41, 5.74) is 1.64. The van der Waals surface area contributed by atoms with Gasteiger partial charge in [0.2, 0.25) is 5.91 Å². The number of aromatic hydroxyl groups is 1. The topological polar surface area (TPSA) is 90.9 Å². The van der Waals surface area contributed by atoms with E-state index in [0.29, 0.717) is 28.9 Å². The number of esters is 1. The highest BCUT2D eigenvalue weighted by molar-refractivity contribution is 7.80. The first kappa shape index (κ1) is 28.0. The Kier molecular flexibility index (Phi) is 8.15. The van der Waals surface area contributed by atoms with Gasteiger partial charge in [-0.2, -0.15) is 0 Å². The lowest BCUT2D eigenvalue weighted by molar-refractivity contribution is -0.162. The van der Waals surface area contributed by atoms with E-state index in [4.69, 9.17) is 17.0 Å². The average Bonchev–Trinajstić information content (AvgIpc) is 2.96. The molecular formula is C29H29F2N3O4S. The molecule has 0 saturated carbocycles. The second kappa shape index (κ2) is 11.4. The number of phenolic OH excluding ortho intramolecular Hbond substituents is 1. The number of rotatable bonds is 5. The van der Waals surface area contributed by atoms with Crippen molar-refractivity contribution < 1.29 is 28.2 Å². The quantitative estimate of drug-likeness (QED) is 0.156. The van der Waals surface area contributed by atoms with Crippen LogP contribution in [0.3, 0.4) is 0 Å². The lowest BCUT2D eigenvalue weighted by atomic mass is 9.99. The Hall–Kier alpha value is -4.05. The molecule has 3 aromatic rings. The summed E-state index contributed by atoms with van der Waals surface area (Å²) in [5.74, 6) is -3.25. The summed E-state index contributed by atoms with van der Waals surface area (Å²) in [6, 6.07) is 14.5. The molecule has 4 rings (SSSR count). The molecule has 1 unspecified atom stereocenters. The molecule has 1 heterocycles. The summed E-state index contributed by atoms with van der Waals surface area (Å²) >= 11 is 5.35. The number of ether oxygens (including phenoxy) is 1. The molecule has 0 aromatic heterocycles. The van der Waals surface area contributed by atoms with Crippen LogP contribution in [0.1, 0.15) is 38.3 Å². The maximum absolute atomic E-state index is 13.9. The molecule has 7 nitrogen and oxygen atoms in total. The lowest BCUT2D eigenvalue weighted by Crippen LogP contribution is -2.41. The number of carbonyl (C=O) groups is 2. The average molecular weight is 554 g/mol. The van der Waals surface area contributed by atoms with E-state index >= 15 is 0 Å². The molecule has 1 aliphatic heterocycles. The number of anilines is 3. The Morgan fingerprint density at radius 1 is 1.08 bits per heavy atom. The van der Waals surface area contributed by atoms with Crippen molar-refractivity contribution in [3.63, 3.8) is 0 Å². The second-order valence-electron chi connectivity index (χ2n) is 10.3. The number of nitrogens with one attached hydrogen (secondary N) is 2. The molecule has 204 valence electrons. The van der Waals surface area contributed by atoms with Crippen LogP contribution >= 0.6 is 12.2 Å². The van der Waals surface area contributed by atoms with E-state index in [1.54, 1.807) is 39.0 Å². The van der Waals surface area contributed by atoms with Crippen LogP contribution < -0.4 is 15.5 Å². The third kappa shape index (κ3) is 7.08. The van der Waals surface area contributed by atoms with Gasteiger partial charge in [-0.15, -0.1) is 0 Å². The van der Waals surface area contributed by atoms with Crippen molar-refractivity contribution in [3.05, 3.63) is 83.4 Å². The van der Waals surface area contributed by atoms with Crippen molar-refractivity contribution in [2.45, 2.75) is 45.8 Å². The van der Waals surface area contributed by atoms with E-state index in [1.165, 1.54) is 47.4 Å². The highest BCUT2D eigenvalue weighted by atomic mass is 32.1. The van der Waals surface area contributed by atoms with Crippen LogP contribution in [0.15, 0.2) is 60.7 Å². The fraction of sp³-hybridized carbons (Fsp3) is 0.276. The zero-order valence-electron chi connectivity index (χ0n) is 21.8. The molecule has 3 aromatic carbocycles. The molecule has 0 aliphatic carbocycles. The van der Waals surface area contributed by atoms with E-state index in [1.807, 2.05) is 0 Å². The van der Waals surface area contributed by atoms with Crippen LogP contribution in [0.5, 0.6) is 5.75 Å². The fourth-order valence-corrected chi connectivity index (χ4v) is 4.52. The normalized spacial score (nSPS) is 15.3. The number of fused-ring (bicyclic) bond motifs is 1. The van der Waals surface area contributed by atoms with Gasteiger partial charge in [-0.05, 0) is 99.4 Å². The molecule has 0 bridgehead atoms. The van der Waals surface area contributed by atoms with Crippen LogP contribution in [-0.2, 0) is 27.3 Å². The van der Waals surface area contributed by atoms with Crippen molar-refractivity contribution in [1.29, 1.82) is 0 Å². The first-order valence-corrected chi connectivity index (χ1v) is 12.8. The zero-order chi connectivity index (χ0) is 28.3. The summed E-state index contributed by atoms with van der Waals surface area (Å²) < 4.78 is 32.7. The minimum absolute atomic E-state index is 0.0142. The standard InChI is InChI=1S/C29H29F2N3O4S/c1-29(2,3)38-27(37)22-12-7-18-14-23(33-28(39)32-21-10-8-19(30)9-11-21)25(35)15-24(18)34(26(22)36)16-17-5-4-6-20(31)13-17/h4-6,8-11,13-15,22,35H,7,12,16H2,1-3H3,(H2,32,33,39). The van der Waals surface area contributed by atoms with Gasteiger partial charge in [0.1, 0.15) is 28.9 Å². The number of hydrogen-bond acceptors (Lipinski definition) is 5. The van der Waals surface area contributed by atoms with Crippen LogP contribution in [-0.4, -0.2) is 27.7 Å². The summed E-state index contributed by atoms with van der Waals surface area (Å²) in [7, 11) is 0. The summed E-state index contributed by atoms with van der Waals surface area (Å²) in [6.07, 6.45) is 0.515. The van der Waals surface area contributed by atoms with E-state index < -0.39 is 29.2 Å². The lowest BCUT2D eigenvalue weighted by Gasteiger charge is -2.28. The van der Waals surface area contributed by atoms with Gasteiger partial charge in [0.15, 0.2) is 5.11 Å². The number of hydrogen-bond donors (Lipinski definition) is 3. The van der Waals surface area contributed by atoms with Gasteiger partial charge in [0, 0.05) is 11.8 Å². The summed E-state index contributed by atoms with van der Waals surface area (Å²) in [5, 5.41) is 16.9. The molecule has 1 atom stereocenters. The van der Waals surface area contributed by atoms with Crippen molar-refractivity contribution in [1.82, 2.24) is 0 Å². The Morgan fingerprint density at radius 2 is 1.79 bits per heavy atom. The van der Waals surface area contributed by atoms with Crippen LogP contribution in [0.25, 0.3) is 0 Å². The molecule has 1 amide bonds. The van der Waals surface area contributed by atoms with Crippen molar-refractivity contribution in [2.75, 3.05) is 15.5 Å². The minimum Gasteiger partial charge on any atom is -0.506 e. The van der Waals surface area contributed by atoms with Crippen molar-refractivity contribution in [2.24, 2.45) is 5.92 Å². The molecule has 1 aliphatic rings. The van der Waals surface area contributed by atoms with Crippen LogP contribution in [0, 0.1) is 17.6 Å². The van der Waals surface area contributed by atoms with Gasteiger partial charge in [0.05, 0.1) is 17.9 Å². The molecule has 0 radical (unpaired) electrons. The zero-order valence-corrected chi connectivity index (χ0v) is 22.6. The third-order valence-electron chi connectivity index (χ3n) is 6.03. The maximum Gasteiger partial charge on any atom is 0.319 e.